The highest BCUT2D eigenvalue weighted by Gasteiger charge is 2.22. The highest BCUT2D eigenvalue weighted by atomic mass is 19.1. The first kappa shape index (κ1) is 10.4. The number of rotatable bonds is 0. The number of anilines is 1. The lowest BCUT2D eigenvalue weighted by Gasteiger charge is -2.14. The minimum Gasteiger partial charge on any atom is -0.465 e. The minimum atomic E-state index is -1.17. The van der Waals surface area contributed by atoms with Crippen LogP contribution in [0, 0.1) is 5.82 Å². The fourth-order valence-electron chi connectivity index (χ4n) is 1.56. The molecule has 0 atom stereocenters. The first-order valence-electron chi connectivity index (χ1n) is 4.62. The van der Waals surface area contributed by atoms with E-state index in [4.69, 9.17) is 5.11 Å². The molecule has 0 fully saturated rings. The highest BCUT2D eigenvalue weighted by molar-refractivity contribution is 5.95. The van der Waals surface area contributed by atoms with E-state index in [1.54, 1.807) is 0 Å². The Morgan fingerprint density at radius 2 is 2.19 bits per heavy atom. The van der Waals surface area contributed by atoms with Gasteiger partial charge >= 0.3 is 6.09 Å². The standard InChI is InChI=1S/C10H9FN2O3/c11-7-2-1-6-4-13(10(15)16)5-9(14)12-8(6)3-7/h1-3H,4-5H2,(H,12,14)(H,15,16). The molecule has 84 valence electrons. The molecule has 0 saturated carbocycles. The lowest BCUT2D eigenvalue weighted by molar-refractivity contribution is -0.116. The molecule has 0 unspecified atom stereocenters. The topological polar surface area (TPSA) is 69.6 Å². The Morgan fingerprint density at radius 1 is 1.44 bits per heavy atom. The van der Waals surface area contributed by atoms with Crippen LogP contribution in [0.25, 0.3) is 0 Å². The maximum atomic E-state index is 12.9. The lowest BCUT2D eigenvalue weighted by Crippen LogP contribution is -2.33. The normalized spacial score (nSPS) is 15.1. The number of hydrogen-bond donors (Lipinski definition) is 2. The van der Waals surface area contributed by atoms with E-state index in [2.05, 4.69) is 5.32 Å². The van der Waals surface area contributed by atoms with Crippen molar-refractivity contribution in [2.45, 2.75) is 6.54 Å². The molecule has 5 nitrogen and oxygen atoms in total. The van der Waals surface area contributed by atoms with Gasteiger partial charge in [0.15, 0.2) is 0 Å². The smallest absolute Gasteiger partial charge is 0.408 e. The van der Waals surface area contributed by atoms with Crippen molar-refractivity contribution in [1.82, 2.24) is 4.90 Å². The van der Waals surface area contributed by atoms with Crippen LogP contribution in [0.1, 0.15) is 5.56 Å². The predicted molar refractivity (Wildman–Crippen MR) is 53.5 cm³/mol. The zero-order chi connectivity index (χ0) is 11.7. The molecule has 1 aliphatic rings. The van der Waals surface area contributed by atoms with Gasteiger partial charge in [-0.2, -0.15) is 0 Å². The van der Waals surface area contributed by atoms with E-state index in [-0.39, 0.29) is 13.1 Å². The van der Waals surface area contributed by atoms with Crippen LogP contribution in [0.15, 0.2) is 18.2 Å². The molecule has 0 spiro atoms. The summed E-state index contributed by atoms with van der Waals surface area (Å²) >= 11 is 0. The molecular formula is C10H9FN2O3. The van der Waals surface area contributed by atoms with Crippen LogP contribution in [0.4, 0.5) is 14.9 Å². The Balaban J connectivity index is 2.39. The summed E-state index contributed by atoms with van der Waals surface area (Å²) in [7, 11) is 0. The van der Waals surface area contributed by atoms with Crippen LogP contribution < -0.4 is 5.32 Å². The fourth-order valence-corrected chi connectivity index (χ4v) is 1.56. The van der Waals surface area contributed by atoms with E-state index in [9.17, 15) is 14.0 Å². The van der Waals surface area contributed by atoms with Crippen LogP contribution in [0.2, 0.25) is 0 Å². The van der Waals surface area contributed by atoms with Crippen molar-refractivity contribution >= 4 is 17.7 Å². The summed E-state index contributed by atoms with van der Waals surface area (Å²) in [6, 6.07) is 3.88. The Labute approximate surface area is 90.5 Å². The molecule has 1 aromatic rings. The Bertz CT molecular complexity index is 461. The van der Waals surface area contributed by atoms with E-state index in [1.807, 2.05) is 0 Å². The summed E-state index contributed by atoms with van der Waals surface area (Å²) in [5, 5.41) is 11.3. The van der Waals surface area contributed by atoms with Gasteiger partial charge in [-0.05, 0) is 17.7 Å². The second-order valence-corrected chi connectivity index (χ2v) is 3.49. The van der Waals surface area contributed by atoms with E-state index < -0.39 is 17.8 Å². The molecule has 1 aliphatic heterocycles. The Morgan fingerprint density at radius 3 is 2.88 bits per heavy atom. The van der Waals surface area contributed by atoms with Crippen molar-refractivity contribution in [3.8, 4) is 0 Å². The molecule has 0 saturated heterocycles. The van der Waals surface area contributed by atoms with E-state index >= 15 is 0 Å². The predicted octanol–water partition coefficient (Wildman–Crippen LogP) is 1.26. The van der Waals surface area contributed by atoms with Crippen molar-refractivity contribution < 1.29 is 19.1 Å². The molecule has 0 aromatic heterocycles. The van der Waals surface area contributed by atoms with Gasteiger partial charge in [-0.25, -0.2) is 9.18 Å². The summed E-state index contributed by atoms with van der Waals surface area (Å²) in [5.41, 5.74) is 0.906. The number of nitrogens with one attached hydrogen (secondary N) is 1. The number of carbonyl (C=O) groups is 2. The van der Waals surface area contributed by atoms with Crippen molar-refractivity contribution in [3.63, 3.8) is 0 Å². The lowest BCUT2D eigenvalue weighted by atomic mass is 10.1. The largest absolute Gasteiger partial charge is 0.465 e. The molecule has 2 amide bonds. The number of benzene rings is 1. The van der Waals surface area contributed by atoms with Gasteiger partial charge in [0.2, 0.25) is 5.91 Å². The third-order valence-electron chi connectivity index (χ3n) is 2.31. The Hall–Kier alpha value is -2.11. The summed E-state index contributed by atoms with van der Waals surface area (Å²) in [6.45, 7) is -0.171. The Kier molecular flexibility index (Phi) is 2.47. The molecule has 1 heterocycles. The van der Waals surface area contributed by atoms with E-state index in [0.29, 0.717) is 11.3 Å². The first-order valence-corrected chi connectivity index (χ1v) is 4.62. The SMILES string of the molecule is O=C1CN(C(=O)O)Cc2ccc(F)cc2N1. The molecule has 0 aliphatic carbocycles. The first-order chi connectivity index (χ1) is 7.56. The van der Waals surface area contributed by atoms with Gasteiger partial charge in [0.1, 0.15) is 12.4 Å². The number of carboxylic acid groups (broad SMARTS) is 1. The second-order valence-electron chi connectivity index (χ2n) is 3.49. The molecule has 6 heteroatoms. The molecule has 1 aromatic carbocycles. The summed E-state index contributed by atoms with van der Waals surface area (Å²) in [6.07, 6.45) is -1.17. The number of fused-ring (bicyclic) bond motifs is 1. The molecule has 2 N–H and O–H groups in total. The van der Waals surface area contributed by atoms with Gasteiger partial charge in [-0.15, -0.1) is 0 Å². The van der Waals surface area contributed by atoms with Gasteiger partial charge in [0.25, 0.3) is 0 Å². The maximum Gasteiger partial charge on any atom is 0.408 e. The number of halogens is 1. The van der Waals surface area contributed by atoms with Crippen LogP contribution in [0.3, 0.4) is 0 Å². The number of hydrogen-bond acceptors (Lipinski definition) is 2. The van der Waals surface area contributed by atoms with Gasteiger partial charge in [0, 0.05) is 5.69 Å². The van der Waals surface area contributed by atoms with Crippen molar-refractivity contribution in [3.05, 3.63) is 29.6 Å². The van der Waals surface area contributed by atoms with Crippen LogP contribution in [0.5, 0.6) is 0 Å². The van der Waals surface area contributed by atoms with Crippen molar-refractivity contribution in [2.24, 2.45) is 0 Å². The average molecular weight is 224 g/mol. The van der Waals surface area contributed by atoms with Crippen LogP contribution in [-0.2, 0) is 11.3 Å². The molecule has 16 heavy (non-hydrogen) atoms. The average Bonchev–Trinajstić information content (AvgIpc) is 2.35. The van der Waals surface area contributed by atoms with Gasteiger partial charge in [-0.1, -0.05) is 6.07 Å². The van der Waals surface area contributed by atoms with E-state index in [0.717, 1.165) is 4.90 Å². The quantitative estimate of drug-likeness (QED) is 0.696. The summed E-state index contributed by atoms with van der Waals surface area (Å²) in [4.78, 5) is 23.1. The molecule has 0 bridgehead atoms. The molecule has 0 radical (unpaired) electrons. The zero-order valence-corrected chi connectivity index (χ0v) is 8.24. The monoisotopic (exact) mass is 224 g/mol. The number of amides is 2. The van der Waals surface area contributed by atoms with Crippen LogP contribution >= 0.6 is 0 Å². The second kappa shape index (κ2) is 3.80. The maximum absolute atomic E-state index is 12.9. The molecular weight excluding hydrogens is 215 g/mol. The zero-order valence-electron chi connectivity index (χ0n) is 8.24. The van der Waals surface area contributed by atoms with E-state index in [1.165, 1.54) is 18.2 Å². The van der Waals surface area contributed by atoms with Crippen LogP contribution in [-0.4, -0.2) is 28.6 Å². The third-order valence-corrected chi connectivity index (χ3v) is 2.31. The highest BCUT2D eigenvalue weighted by Crippen LogP contribution is 2.21. The van der Waals surface area contributed by atoms with Gasteiger partial charge < -0.3 is 10.4 Å². The van der Waals surface area contributed by atoms with Crippen molar-refractivity contribution in [1.29, 1.82) is 0 Å². The number of carbonyl (C=O) groups excluding carboxylic acids is 1. The minimum absolute atomic E-state index is 0.0731. The summed E-state index contributed by atoms with van der Waals surface area (Å²) < 4.78 is 12.9. The van der Waals surface area contributed by atoms with Crippen molar-refractivity contribution in [2.75, 3.05) is 11.9 Å². The summed E-state index contributed by atoms with van der Waals surface area (Å²) in [5.74, 6) is -0.936. The fraction of sp³-hybridized carbons (Fsp3) is 0.200. The number of nitrogens with zero attached hydrogens (tertiary/aromatic N) is 1. The van der Waals surface area contributed by atoms with Gasteiger partial charge in [0.05, 0.1) is 6.54 Å². The third kappa shape index (κ3) is 1.95. The van der Waals surface area contributed by atoms with Gasteiger partial charge in [-0.3, -0.25) is 9.69 Å². The molecule has 2 rings (SSSR count).